The first kappa shape index (κ1) is 13.0. The number of nitrogens with one attached hydrogen (secondary N) is 1. The molecular formula is C13H20N4O. The van der Waals surface area contributed by atoms with Crippen molar-refractivity contribution >= 4 is 11.9 Å². The van der Waals surface area contributed by atoms with Gasteiger partial charge in [0.1, 0.15) is 0 Å². The van der Waals surface area contributed by atoms with Crippen molar-refractivity contribution in [2.24, 2.45) is 0 Å². The van der Waals surface area contributed by atoms with Crippen LogP contribution >= 0.6 is 0 Å². The number of carbonyl (C=O) groups excluding carboxylic acids is 1. The van der Waals surface area contributed by atoms with Gasteiger partial charge in [-0.15, -0.1) is 0 Å². The third kappa shape index (κ3) is 3.50. The molecule has 18 heavy (non-hydrogen) atoms. The average molecular weight is 248 g/mol. The van der Waals surface area contributed by atoms with Crippen molar-refractivity contribution in [1.82, 2.24) is 14.9 Å². The van der Waals surface area contributed by atoms with E-state index in [1.54, 1.807) is 18.5 Å². The van der Waals surface area contributed by atoms with Crippen LogP contribution in [0.4, 0.5) is 5.95 Å². The lowest BCUT2D eigenvalue weighted by atomic mass is 10.2. The molecule has 0 spiro atoms. The number of rotatable bonds is 3. The van der Waals surface area contributed by atoms with E-state index in [4.69, 9.17) is 0 Å². The molecule has 1 N–H and O–H groups in total. The fourth-order valence-corrected chi connectivity index (χ4v) is 2.23. The highest BCUT2D eigenvalue weighted by atomic mass is 16.2. The number of nitrogens with zero attached hydrogens (tertiary/aromatic N) is 3. The molecule has 0 unspecified atom stereocenters. The van der Waals surface area contributed by atoms with Gasteiger partial charge in [0.25, 0.3) is 0 Å². The largest absolute Gasteiger partial charge is 0.293 e. The number of carbonyl (C=O) groups is 1. The van der Waals surface area contributed by atoms with Crippen molar-refractivity contribution in [2.45, 2.75) is 38.6 Å². The zero-order valence-corrected chi connectivity index (χ0v) is 10.8. The molecule has 0 saturated carbocycles. The Balaban J connectivity index is 1.91. The highest BCUT2D eigenvalue weighted by Gasteiger charge is 2.22. The first-order valence-corrected chi connectivity index (χ1v) is 6.59. The number of aromatic nitrogens is 2. The van der Waals surface area contributed by atoms with Crippen LogP contribution in [0.3, 0.4) is 0 Å². The molecular weight excluding hydrogens is 228 g/mol. The fraction of sp³-hybridized carbons (Fsp3) is 0.615. The van der Waals surface area contributed by atoms with Crippen LogP contribution in [0.15, 0.2) is 18.5 Å². The summed E-state index contributed by atoms with van der Waals surface area (Å²) < 4.78 is 0. The second-order valence-corrected chi connectivity index (χ2v) is 4.69. The van der Waals surface area contributed by atoms with E-state index in [0.717, 1.165) is 13.1 Å². The van der Waals surface area contributed by atoms with E-state index in [-0.39, 0.29) is 11.9 Å². The molecule has 0 radical (unpaired) electrons. The predicted molar refractivity (Wildman–Crippen MR) is 70.2 cm³/mol. The summed E-state index contributed by atoms with van der Waals surface area (Å²) in [4.78, 5) is 22.3. The molecule has 0 aromatic carbocycles. The normalized spacial score (nSPS) is 18.9. The maximum Gasteiger partial charge on any atom is 0.243 e. The van der Waals surface area contributed by atoms with E-state index in [2.05, 4.69) is 20.2 Å². The summed E-state index contributed by atoms with van der Waals surface area (Å²) in [5.41, 5.74) is 0. The zero-order valence-electron chi connectivity index (χ0n) is 10.8. The van der Waals surface area contributed by atoms with Crippen LogP contribution < -0.4 is 5.32 Å². The molecule has 1 aliphatic rings. The van der Waals surface area contributed by atoms with Gasteiger partial charge in [0.05, 0.1) is 6.04 Å². The SMILES string of the molecule is C[C@H](C(=O)Nc1ncccn1)N1CCCCCC1. The van der Waals surface area contributed by atoms with Crippen LogP contribution in [0.5, 0.6) is 0 Å². The topological polar surface area (TPSA) is 58.1 Å². The number of likely N-dealkylation sites (tertiary alicyclic amines) is 1. The van der Waals surface area contributed by atoms with Gasteiger partial charge in [0.15, 0.2) is 0 Å². The van der Waals surface area contributed by atoms with E-state index in [1.807, 2.05) is 6.92 Å². The second kappa shape index (κ2) is 6.44. The van der Waals surface area contributed by atoms with Crippen molar-refractivity contribution in [3.63, 3.8) is 0 Å². The molecule has 2 heterocycles. The number of anilines is 1. The van der Waals surface area contributed by atoms with E-state index in [1.165, 1.54) is 25.7 Å². The average Bonchev–Trinajstić information content (AvgIpc) is 2.68. The molecule has 1 aromatic heterocycles. The summed E-state index contributed by atoms with van der Waals surface area (Å²) in [5, 5.41) is 2.76. The lowest BCUT2D eigenvalue weighted by Crippen LogP contribution is -2.42. The van der Waals surface area contributed by atoms with E-state index >= 15 is 0 Å². The number of hydrogen-bond donors (Lipinski definition) is 1. The van der Waals surface area contributed by atoms with Crippen molar-refractivity contribution in [3.05, 3.63) is 18.5 Å². The molecule has 0 aliphatic carbocycles. The Morgan fingerprint density at radius 1 is 1.22 bits per heavy atom. The minimum atomic E-state index is -0.119. The van der Waals surface area contributed by atoms with E-state index in [0.29, 0.717) is 5.95 Å². The quantitative estimate of drug-likeness (QED) is 0.884. The molecule has 0 bridgehead atoms. The molecule has 98 valence electrons. The summed E-state index contributed by atoms with van der Waals surface area (Å²) in [7, 11) is 0. The molecule has 5 heteroatoms. The molecule has 1 fully saturated rings. The van der Waals surface area contributed by atoms with Gasteiger partial charge < -0.3 is 0 Å². The minimum absolute atomic E-state index is 0.0249. The third-order valence-corrected chi connectivity index (χ3v) is 3.37. The molecule has 1 amide bonds. The smallest absolute Gasteiger partial charge is 0.243 e. The standard InChI is InChI=1S/C13H20N4O/c1-11(17-9-4-2-3-5-10-17)12(18)16-13-14-7-6-8-15-13/h6-8,11H,2-5,9-10H2,1H3,(H,14,15,16,18)/t11-/m1/s1. The van der Waals surface area contributed by atoms with Gasteiger partial charge in [0.2, 0.25) is 11.9 Å². The first-order chi connectivity index (χ1) is 8.77. The second-order valence-electron chi connectivity index (χ2n) is 4.69. The highest BCUT2D eigenvalue weighted by molar-refractivity contribution is 5.93. The Bertz CT molecular complexity index is 374. The Hall–Kier alpha value is -1.49. The molecule has 5 nitrogen and oxygen atoms in total. The monoisotopic (exact) mass is 248 g/mol. The predicted octanol–water partition coefficient (Wildman–Crippen LogP) is 1.68. The number of amides is 1. The summed E-state index contributed by atoms with van der Waals surface area (Å²) in [6.45, 7) is 3.96. The molecule has 1 saturated heterocycles. The lowest BCUT2D eigenvalue weighted by molar-refractivity contribution is -0.120. The zero-order chi connectivity index (χ0) is 12.8. The van der Waals surface area contributed by atoms with Crippen LogP contribution in [0.25, 0.3) is 0 Å². The summed E-state index contributed by atoms with van der Waals surface area (Å²) in [5.74, 6) is 0.354. The Kier molecular flexibility index (Phi) is 4.64. The maximum atomic E-state index is 12.1. The van der Waals surface area contributed by atoms with E-state index < -0.39 is 0 Å². The molecule has 1 aliphatic heterocycles. The van der Waals surface area contributed by atoms with Gasteiger partial charge in [0, 0.05) is 12.4 Å². The Morgan fingerprint density at radius 3 is 2.44 bits per heavy atom. The minimum Gasteiger partial charge on any atom is -0.293 e. The first-order valence-electron chi connectivity index (χ1n) is 6.59. The van der Waals surface area contributed by atoms with Gasteiger partial charge in [-0.2, -0.15) is 0 Å². The summed E-state index contributed by atoms with van der Waals surface area (Å²) >= 11 is 0. The van der Waals surface area contributed by atoms with Gasteiger partial charge in [-0.3, -0.25) is 15.0 Å². The Labute approximate surface area is 108 Å². The van der Waals surface area contributed by atoms with Crippen molar-refractivity contribution < 1.29 is 4.79 Å². The van der Waals surface area contributed by atoms with Crippen LogP contribution in [0, 0.1) is 0 Å². The summed E-state index contributed by atoms with van der Waals surface area (Å²) in [6.07, 6.45) is 8.15. The maximum absolute atomic E-state index is 12.1. The highest BCUT2D eigenvalue weighted by Crippen LogP contribution is 2.13. The Morgan fingerprint density at radius 2 is 1.83 bits per heavy atom. The van der Waals surface area contributed by atoms with Crippen LogP contribution in [0.1, 0.15) is 32.6 Å². The van der Waals surface area contributed by atoms with Gasteiger partial charge in [-0.1, -0.05) is 12.8 Å². The number of hydrogen-bond acceptors (Lipinski definition) is 4. The van der Waals surface area contributed by atoms with E-state index in [9.17, 15) is 4.79 Å². The van der Waals surface area contributed by atoms with Gasteiger partial charge >= 0.3 is 0 Å². The summed E-state index contributed by atoms with van der Waals surface area (Å²) in [6, 6.07) is 1.61. The third-order valence-electron chi connectivity index (χ3n) is 3.37. The van der Waals surface area contributed by atoms with Crippen molar-refractivity contribution in [2.75, 3.05) is 18.4 Å². The van der Waals surface area contributed by atoms with Crippen molar-refractivity contribution in [1.29, 1.82) is 0 Å². The fourth-order valence-electron chi connectivity index (χ4n) is 2.23. The molecule has 2 rings (SSSR count). The van der Waals surface area contributed by atoms with Crippen LogP contribution in [0.2, 0.25) is 0 Å². The van der Waals surface area contributed by atoms with Crippen molar-refractivity contribution in [3.8, 4) is 0 Å². The van der Waals surface area contributed by atoms with Gasteiger partial charge in [-0.25, -0.2) is 9.97 Å². The molecule has 1 aromatic rings. The molecule has 1 atom stereocenters. The lowest BCUT2D eigenvalue weighted by Gasteiger charge is -2.26. The van der Waals surface area contributed by atoms with Crippen LogP contribution in [-0.2, 0) is 4.79 Å². The van der Waals surface area contributed by atoms with Crippen LogP contribution in [-0.4, -0.2) is 39.9 Å². The van der Waals surface area contributed by atoms with Gasteiger partial charge in [-0.05, 0) is 38.9 Å².